The molecule has 12 heavy (non-hydrogen) atoms. The van der Waals surface area contributed by atoms with Gasteiger partial charge in [-0.05, 0) is 13.3 Å². The number of hydrogen-bond donors (Lipinski definition) is 0. The van der Waals surface area contributed by atoms with Crippen molar-refractivity contribution in [2.75, 3.05) is 6.61 Å². The number of ether oxygens (including phenoxy) is 1. The first kappa shape index (κ1) is 11.1. The quantitative estimate of drug-likeness (QED) is 0.467. The first-order valence-electron chi connectivity index (χ1n) is 4.32. The Morgan fingerprint density at radius 3 is 2.33 bits per heavy atom. The van der Waals surface area contributed by atoms with Crippen molar-refractivity contribution in [3.8, 4) is 0 Å². The van der Waals surface area contributed by atoms with E-state index in [2.05, 4.69) is 0 Å². The summed E-state index contributed by atoms with van der Waals surface area (Å²) in [7, 11) is 0. The van der Waals surface area contributed by atoms with Crippen LogP contribution in [-0.4, -0.2) is 18.4 Å². The van der Waals surface area contributed by atoms with Gasteiger partial charge in [-0.2, -0.15) is 0 Å². The van der Waals surface area contributed by atoms with Gasteiger partial charge in [0.2, 0.25) is 0 Å². The van der Waals surface area contributed by atoms with E-state index < -0.39 is 11.9 Å². The maximum atomic E-state index is 11.1. The Bertz CT molecular complexity index is 163. The number of rotatable bonds is 5. The van der Waals surface area contributed by atoms with Crippen molar-refractivity contribution < 1.29 is 14.3 Å². The first-order valence-corrected chi connectivity index (χ1v) is 4.32. The largest absolute Gasteiger partial charge is 0.465 e. The number of esters is 1. The van der Waals surface area contributed by atoms with E-state index in [0.29, 0.717) is 13.0 Å². The molecule has 0 spiro atoms. The average molecular weight is 172 g/mol. The molecule has 1 unspecified atom stereocenters. The number of ketones is 1. The van der Waals surface area contributed by atoms with Crippen LogP contribution in [0.15, 0.2) is 0 Å². The number of hydrogen-bond acceptors (Lipinski definition) is 3. The molecule has 0 N–H and O–H groups in total. The molecule has 1 atom stereocenters. The molecule has 0 fully saturated rings. The zero-order valence-corrected chi connectivity index (χ0v) is 7.92. The average Bonchev–Trinajstić information content (AvgIpc) is 2.11. The summed E-state index contributed by atoms with van der Waals surface area (Å²) in [4.78, 5) is 22.1. The molecule has 0 aromatic heterocycles. The van der Waals surface area contributed by atoms with Crippen molar-refractivity contribution in [3.63, 3.8) is 0 Å². The third-order valence-corrected chi connectivity index (χ3v) is 1.63. The highest BCUT2D eigenvalue weighted by atomic mass is 16.5. The molecule has 3 nitrogen and oxygen atoms in total. The van der Waals surface area contributed by atoms with Gasteiger partial charge in [-0.3, -0.25) is 9.59 Å². The fourth-order valence-electron chi connectivity index (χ4n) is 0.765. The van der Waals surface area contributed by atoms with Crippen LogP contribution in [-0.2, 0) is 14.3 Å². The van der Waals surface area contributed by atoms with Crippen molar-refractivity contribution in [2.45, 2.75) is 33.6 Å². The van der Waals surface area contributed by atoms with Crippen molar-refractivity contribution >= 4 is 11.8 Å². The number of carbonyl (C=O) groups excluding carboxylic acids is 2. The number of carbonyl (C=O) groups is 2. The van der Waals surface area contributed by atoms with Gasteiger partial charge in [0.1, 0.15) is 11.7 Å². The van der Waals surface area contributed by atoms with E-state index in [1.54, 1.807) is 13.8 Å². The summed E-state index contributed by atoms with van der Waals surface area (Å²) < 4.78 is 4.82. The van der Waals surface area contributed by atoms with E-state index in [1.165, 1.54) is 0 Å². The van der Waals surface area contributed by atoms with Gasteiger partial charge in [0.15, 0.2) is 0 Å². The molecule has 0 bridgehead atoms. The maximum absolute atomic E-state index is 11.1. The third-order valence-electron chi connectivity index (χ3n) is 1.63. The predicted molar refractivity (Wildman–Crippen MR) is 45.7 cm³/mol. The van der Waals surface area contributed by atoms with Gasteiger partial charge in [-0.15, -0.1) is 0 Å². The summed E-state index contributed by atoms with van der Waals surface area (Å²) in [5, 5.41) is 0. The molecule has 0 radical (unpaired) electrons. The third kappa shape index (κ3) is 3.51. The summed E-state index contributed by atoms with van der Waals surface area (Å²) in [6, 6.07) is 0. The van der Waals surface area contributed by atoms with Crippen LogP contribution in [0, 0.1) is 5.92 Å². The van der Waals surface area contributed by atoms with Crippen LogP contribution in [0.25, 0.3) is 0 Å². The summed E-state index contributed by atoms with van der Waals surface area (Å²) in [6.45, 7) is 5.65. The lowest BCUT2D eigenvalue weighted by atomic mass is 10.1. The minimum Gasteiger partial charge on any atom is -0.465 e. The van der Waals surface area contributed by atoms with Gasteiger partial charge in [-0.25, -0.2) is 0 Å². The highest BCUT2D eigenvalue weighted by Crippen LogP contribution is 2.03. The van der Waals surface area contributed by atoms with Crippen LogP contribution < -0.4 is 0 Å². The topological polar surface area (TPSA) is 43.4 Å². The molecular formula is C9H16O3. The molecule has 0 rings (SSSR count). The smallest absolute Gasteiger partial charge is 0.316 e. The second-order valence-electron chi connectivity index (χ2n) is 2.71. The van der Waals surface area contributed by atoms with Gasteiger partial charge in [0.05, 0.1) is 6.61 Å². The summed E-state index contributed by atoms with van der Waals surface area (Å²) >= 11 is 0. The molecule has 0 aliphatic rings. The zero-order valence-electron chi connectivity index (χ0n) is 7.92. The van der Waals surface area contributed by atoms with Crippen LogP contribution in [0.3, 0.4) is 0 Å². The molecule has 3 heteroatoms. The van der Waals surface area contributed by atoms with E-state index in [-0.39, 0.29) is 5.78 Å². The Balaban J connectivity index is 3.84. The van der Waals surface area contributed by atoms with Crippen molar-refractivity contribution in [3.05, 3.63) is 0 Å². The van der Waals surface area contributed by atoms with Crippen molar-refractivity contribution in [1.82, 2.24) is 0 Å². The second-order valence-corrected chi connectivity index (χ2v) is 2.71. The van der Waals surface area contributed by atoms with Gasteiger partial charge < -0.3 is 4.74 Å². The van der Waals surface area contributed by atoms with Crippen LogP contribution in [0.2, 0.25) is 0 Å². The molecular weight excluding hydrogens is 156 g/mol. The van der Waals surface area contributed by atoms with Gasteiger partial charge in [-0.1, -0.05) is 13.8 Å². The van der Waals surface area contributed by atoms with Gasteiger partial charge in [0, 0.05) is 6.42 Å². The second kappa shape index (κ2) is 5.75. The Hall–Kier alpha value is -0.860. The Kier molecular flexibility index (Phi) is 5.34. The molecule has 0 aromatic carbocycles. The minimum atomic E-state index is -0.596. The number of Topliss-reactive ketones (excluding diaryl/α,β-unsaturated/α-hetero) is 1. The highest BCUT2D eigenvalue weighted by Gasteiger charge is 2.20. The molecule has 0 aliphatic heterocycles. The van der Waals surface area contributed by atoms with E-state index in [0.717, 1.165) is 6.42 Å². The molecule has 0 aliphatic carbocycles. The fourth-order valence-corrected chi connectivity index (χ4v) is 0.765. The van der Waals surface area contributed by atoms with Crippen LogP contribution in [0.4, 0.5) is 0 Å². The monoisotopic (exact) mass is 172 g/mol. The first-order chi connectivity index (χ1) is 5.63. The van der Waals surface area contributed by atoms with Crippen molar-refractivity contribution in [2.24, 2.45) is 5.92 Å². The summed E-state index contributed by atoms with van der Waals surface area (Å²) in [5.74, 6) is -1.05. The van der Waals surface area contributed by atoms with E-state index in [9.17, 15) is 9.59 Å². The van der Waals surface area contributed by atoms with Crippen LogP contribution >= 0.6 is 0 Å². The molecule has 0 saturated carbocycles. The van der Waals surface area contributed by atoms with E-state index in [4.69, 9.17) is 4.74 Å². The van der Waals surface area contributed by atoms with Gasteiger partial charge in [0.25, 0.3) is 0 Å². The summed E-state index contributed by atoms with van der Waals surface area (Å²) in [5.41, 5.74) is 0. The lowest BCUT2D eigenvalue weighted by Gasteiger charge is -2.08. The highest BCUT2D eigenvalue weighted by molar-refractivity contribution is 5.98. The predicted octanol–water partition coefficient (Wildman–Crippen LogP) is 1.55. The fraction of sp³-hybridized carbons (Fsp3) is 0.778. The lowest BCUT2D eigenvalue weighted by Crippen LogP contribution is -2.22. The van der Waals surface area contributed by atoms with E-state index in [1.807, 2.05) is 6.92 Å². The van der Waals surface area contributed by atoms with Gasteiger partial charge >= 0.3 is 5.97 Å². The van der Waals surface area contributed by atoms with E-state index >= 15 is 0 Å². The summed E-state index contributed by atoms with van der Waals surface area (Å²) in [6.07, 6.45) is 1.18. The Morgan fingerprint density at radius 1 is 1.33 bits per heavy atom. The lowest BCUT2D eigenvalue weighted by molar-refractivity contribution is -0.151. The molecule has 70 valence electrons. The molecule has 0 heterocycles. The van der Waals surface area contributed by atoms with Crippen LogP contribution in [0.1, 0.15) is 33.6 Å². The normalized spacial score (nSPS) is 12.2. The zero-order chi connectivity index (χ0) is 9.56. The molecule has 0 amide bonds. The Morgan fingerprint density at radius 2 is 1.92 bits per heavy atom. The molecule has 0 aromatic rings. The minimum absolute atomic E-state index is 0.0592. The maximum Gasteiger partial charge on any atom is 0.316 e. The molecule has 0 saturated heterocycles. The van der Waals surface area contributed by atoms with Crippen molar-refractivity contribution in [1.29, 1.82) is 0 Å². The Labute approximate surface area is 73.1 Å². The van der Waals surface area contributed by atoms with Crippen LogP contribution in [0.5, 0.6) is 0 Å². The standard InChI is InChI=1S/C9H16O3/c1-4-6-12-9(11)7(3)8(10)5-2/h7H,4-6H2,1-3H3. The SMILES string of the molecule is CCCOC(=O)C(C)C(=O)CC.